The third-order valence-corrected chi connectivity index (χ3v) is 4.59. The Morgan fingerprint density at radius 1 is 1.32 bits per heavy atom. The SMILES string of the molecule is CCOC(=O)CNC(=O)N(CC(=O)N(Cc1cccn1C)CC(C)C)C1CC1. The molecular weight excluding hydrogens is 360 g/mol. The van der Waals surface area contributed by atoms with Gasteiger partial charge in [-0.3, -0.25) is 9.59 Å². The number of esters is 1. The average Bonchev–Trinajstić information content (AvgIpc) is 3.39. The zero-order valence-electron chi connectivity index (χ0n) is 17.3. The molecule has 28 heavy (non-hydrogen) atoms. The highest BCUT2D eigenvalue weighted by atomic mass is 16.5. The second kappa shape index (κ2) is 10.1. The summed E-state index contributed by atoms with van der Waals surface area (Å²) in [5.41, 5.74) is 1.04. The zero-order chi connectivity index (χ0) is 20.7. The van der Waals surface area contributed by atoms with Gasteiger partial charge in [0.1, 0.15) is 13.1 Å². The van der Waals surface area contributed by atoms with Crippen molar-refractivity contribution in [1.29, 1.82) is 0 Å². The van der Waals surface area contributed by atoms with Crippen molar-refractivity contribution >= 4 is 17.9 Å². The fourth-order valence-corrected chi connectivity index (χ4v) is 3.01. The smallest absolute Gasteiger partial charge is 0.325 e. The molecule has 8 nitrogen and oxygen atoms in total. The number of nitrogens with zero attached hydrogens (tertiary/aromatic N) is 3. The Morgan fingerprint density at radius 3 is 2.57 bits per heavy atom. The molecule has 0 atom stereocenters. The first kappa shape index (κ1) is 21.8. The molecule has 0 aliphatic heterocycles. The number of carbonyl (C=O) groups is 3. The van der Waals surface area contributed by atoms with Crippen molar-refractivity contribution in [1.82, 2.24) is 19.7 Å². The molecule has 156 valence electrons. The summed E-state index contributed by atoms with van der Waals surface area (Å²) in [6, 6.07) is 3.60. The first-order chi connectivity index (χ1) is 13.3. The van der Waals surface area contributed by atoms with E-state index < -0.39 is 12.0 Å². The first-order valence-electron chi connectivity index (χ1n) is 9.89. The molecule has 1 heterocycles. The van der Waals surface area contributed by atoms with Crippen LogP contribution < -0.4 is 5.32 Å². The van der Waals surface area contributed by atoms with Crippen LogP contribution >= 0.6 is 0 Å². The zero-order valence-corrected chi connectivity index (χ0v) is 17.3. The highest BCUT2D eigenvalue weighted by Crippen LogP contribution is 2.27. The number of carbonyl (C=O) groups excluding carboxylic acids is 3. The number of hydrogen-bond donors (Lipinski definition) is 1. The minimum absolute atomic E-state index is 0.0104. The summed E-state index contributed by atoms with van der Waals surface area (Å²) >= 11 is 0. The fraction of sp³-hybridized carbons (Fsp3) is 0.650. The lowest BCUT2D eigenvalue weighted by Crippen LogP contribution is -2.49. The Labute approximate surface area is 166 Å². The number of hydrogen-bond acceptors (Lipinski definition) is 4. The number of ether oxygens (including phenoxy) is 1. The maximum absolute atomic E-state index is 13.0. The van der Waals surface area contributed by atoms with Crippen LogP contribution in [-0.4, -0.2) is 64.6 Å². The Hall–Kier alpha value is -2.51. The van der Waals surface area contributed by atoms with Crippen molar-refractivity contribution in [2.45, 2.75) is 46.2 Å². The Morgan fingerprint density at radius 2 is 2.04 bits per heavy atom. The molecule has 1 aliphatic rings. The van der Waals surface area contributed by atoms with Crippen molar-refractivity contribution in [3.05, 3.63) is 24.0 Å². The molecule has 8 heteroatoms. The molecule has 0 spiro atoms. The lowest BCUT2D eigenvalue weighted by Gasteiger charge is -2.29. The Kier molecular flexibility index (Phi) is 7.90. The number of urea groups is 1. The number of rotatable bonds is 10. The van der Waals surface area contributed by atoms with E-state index >= 15 is 0 Å². The van der Waals surface area contributed by atoms with Gasteiger partial charge in [-0.25, -0.2) is 4.79 Å². The van der Waals surface area contributed by atoms with Gasteiger partial charge >= 0.3 is 12.0 Å². The summed E-state index contributed by atoms with van der Waals surface area (Å²) in [4.78, 5) is 40.3. The van der Waals surface area contributed by atoms with Crippen LogP contribution in [0.1, 0.15) is 39.3 Å². The molecule has 1 N–H and O–H groups in total. The van der Waals surface area contributed by atoms with Crippen LogP contribution in [0.4, 0.5) is 4.79 Å². The second-order valence-electron chi connectivity index (χ2n) is 7.60. The van der Waals surface area contributed by atoms with Crippen LogP contribution in [0.2, 0.25) is 0 Å². The molecule has 1 aromatic heterocycles. The van der Waals surface area contributed by atoms with Gasteiger partial charge in [0.25, 0.3) is 0 Å². The molecule has 1 saturated carbocycles. The first-order valence-corrected chi connectivity index (χ1v) is 9.89. The molecule has 0 aromatic carbocycles. The Balaban J connectivity index is 2.00. The summed E-state index contributed by atoms with van der Waals surface area (Å²) < 4.78 is 6.82. The van der Waals surface area contributed by atoms with Crippen LogP contribution in [-0.2, 0) is 27.9 Å². The van der Waals surface area contributed by atoms with Crippen molar-refractivity contribution in [2.75, 3.05) is 26.2 Å². The molecule has 1 aromatic rings. The van der Waals surface area contributed by atoms with E-state index in [0.29, 0.717) is 19.0 Å². The van der Waals surface area contributed by atoms with Crippen LogP contribution in [0, 0.1) is 5.92 Å². The van der Waals surface area contributed by atoms with Gasteiger partial charge in [-0.15, -0.1) is 0 Å². The van der Waals surface area contributed by atoms with E-state index in [1.807, 2.05) is 29.9 Å². The van der Waals surface area contributed by atoms with E-state index in [4.69, 9.17) is 4.74 Å². The summed E-state index contributed by atoms with van der Waals surface area (Å²) in [5.74, 6) is -0.257. The van der Waals surface area contributed by atoms with E-state index in [9.17, 15) is 14.4 Å². The molecule has 0 bridgehead atoms. The van der Waals surface area contributed by atoms with Crippen molar-refractivity contribution in [2.24, 2.45) is 13.0 Å². The topological polar surface area (TPSA) is 83.9 Å². The van der Waals surface area contributed by atoms with Gasteiger partial charge in [0, 0.05) is 31.5 Å². The summed E-state index contributed by atoms with van der Waals surface area (Å²) in [7, 11) is 1.95. The van der Waals surface area contributed by atoms with E-state index in [1.165, 1.54) is 0 Å². The lowest BCUT2D eigenvalue weighted by molar-refractivity contribution is -0.141. The van der Waals surface area contributed by atoms with Gasteiger partial charge in [-0.1, -0.05) is 13.8 Å². The number of aryl methyl sites for hydroxylation is 1. The maximum Gasteiger partial charge on any atom is 0.325 e. The quantitative estimate of drug-likeness (QED) is 0.615. The third kappa shape index (κ3) is 6.58. The molecule has 0 radical (unpaired) electrons. The molecular formula is C20H32N4O4. The third-order valence-electron chi connectivity index (χ3n) is 4.59. The van der Waals surface area contributed by atoms with Crippen molar-refractivity contribution in [3.8, 4) is 0 Å². The molecule has 0 saturated heterocycles. The lowest BCUT2D eigenvalue weighted by atomic mass is 10.2. The van der Waals surface area contributed by atoms with Gasteiger partial charge in [-0.2, -0.15) is 0 Å². The molecule has 0 unspecified atom stereocenters. The summed E-state index contributed by atoms with van der Waals surface area (Å²) in [5, 5.41) is 2.57. The molecule has 1 fully saturated rings. The maximum atomic E-state index is 13.0. The summed E-state index contributed by atoms with van der Waals surface area (Å²) in [6.45, 7) is 7.05. The standard InChI is InChI=1S/C20H32N4O4/c1-5-28-19(26)11-21-20(27)24(16-8-9-16)14-18(25)23(12-15(2)3)13-17-7-6-10-22(17)4/h6-7,10,15-16H,5,8-9,11-14H2,1-4H3,(H,21,27). The number of amides is 3. The van der Waals surface area contributed by atoms with Gasteiger partial charge < -0.3 is 24.4 Å². The van der Waals surface area contributed by atoms with Gasteiger partial charge in [0.05, 0.1) is 13.2 Å². The molecule has 3 amide bonds. The normalized spacial score (nSPS) is 13.3. The largest absolute Gasteiger partial charge is 0.465 e. The van der Waals surface area contributed by atoms with E-state index in [2.05, 4.69) is 19.2 Å². The highest BCUT2D eigenvalue weighted by molar-refractivity contribution is 5.86. The minimum Gasteiger partial charge on any atom is -0.465 e. The predicted molar refractivity (Wildman–Crippen MR) is 105 cm³/mol. The van der Waals surface area contributed by atoms with E-state index in [-0.39, 0.29) is 31.6 Å². The fourth-order valence-electron chi connectivity index (χ4n) is 3.01. The average molecular weight is 393 g/mol. The summed E-state index contributed by atoms with van der Waals surface area (Å²) in [6.07, 6.45) is 3.71. The van der Waals surface area contributed by atoms with Gasteiger partial charge in [0.2, 0.25) is 5.91 Å². The minimum atomic E-state index is -0.483. The van der Waals surface area contributed by atoms with Crippen molar-refractivity contribution < 1.29 is 19.1 Å². The predicted octanol–water partition coefficient (Wildman–Crippen LogP) is 1.75. The van der Waals surface area contributed by atoms with Crippen LogP contribution in [0.15, 0.2) is 18.3 Å². The van der Waals surface area contributed by atoms with Gasteiger partial charge in [0.15, 0.2) is 0 Å². The van der Waals surface area contributed by atoms with Crippen LogP contribution in [0.5, 0.6) is 0 Å². The number of aromatic nitrogens is 1. The van der Waals surface area contributed by atoms with Crippen LogP contribution in [0.25, 0.3) is 0 Å². The van der Waals surface area contributed by atoms with Crippen molar-refractivity contribution in [3.63, 3.8) is 0 Å². The molecule has 1 aliphatic carbocycles. The van der Waals surface area contributed by atoms with E-state index in [1.54, 1.807) is 16.7 Å². The Bertz CT molecular complexity index is 682. The van der Waals surface area contributed by atoms with E-state index in [0.717, 1.165) is 18.5 Å². The van der Waals surface area contributed by atoms with Crippen LogP contribution in [0.3, 0.4) is 0 Å². The monoisotopic (exact) mass is 392 g/mol. The highest BCUT2D eigenvalue weighted by Gasteiger charge is 2.35. The van der Waals surface area contributed by atoms with Gasteiger partial charge in [-0.05, 0) is 37.8 Å². The second-order valence-corrected chi connectivity index (χ2v) is 7.60. The number of nitrogens with one attached hydrogen (secondary N) is 1. The molecule has 2 rings (SSSR count).